The smallest absolute Gasteiger partial charge is 0.276 e. The Kier molecular flexibility index (Phi) is 4.65. The predicted molar refractivity (Wildman–Crippen MR) is 88.1 cm³/mol. The van der Waals surface area contributed by atoms with Crippen LogP contribution in [0.4, 0.5) is 14.9 Å². The summed E-state index contributed by atoms with van der Waals surface area (Å²) >= 11 is 0. The summed E-state index contributed by atoms with van der Waals surface area (Å²) in [6, 6.07) is 13.5. The molecule has 1 aliphatic rings. The normalized spacial score (nSPS) is 17.9. The Hall–Kier alpha value is -3.35. The zero-order valence-electron chi connectivity index (χ0n) is 13.1. The van der Waals surface area contributed by atoms with Gasteiger partial charge in [0.1, 0.15) is 5.82 Å². The van der Waals surface area contributed by atoms with Crippen molar-refractivity contribution < 1.29 is 23.8 Å². The van der Waals surface area contributed by atoms with Crippen LogP contribution < -0.4 is 15.2 Å². The highest BCUT2D eigenvalue weighted by molar-refractivity contribution is 6.32. The van der Waals surface area contributed by atoms with Gasteiger partial charge in [-0.2, -0.15) is 0 Å². The van der Waals surface area contributed by atoms with Crippen LogP contribution in [-0.2, 0) is 16.1 Å². The third-order valence-corrected chi connectivity index (χ3v) is 3.72. The van der Waals surface area contributed by atoms with Crippen molar-refractivity contribution in [3.63, 3.8) is 0 Å². The largest absolute Gasteiger partial charge is 0.335 e. The molecule has 2 aromatic carbocycles. The molecule has 126 valence electrons. The van der Waals surface area contributed by atoms with E-state index in [1.54, 1.807) is 0 Å². The summed E-state index contributed by atoms with van der Waals surface area (Å²) in [5.41, 5.74) is 1.17. The molecule has 1 heterocycles. The quantitative estimate of drug-likeness (QED) is 0.624. The number of amides is 4. The zero-order valence-corrected chi connectivity index (χ0v) is 13.1. The summed E-state index contributed by atoms with van der Waals surface area (Å²) in [7, 11) is 0. The molecule has 0 aromatic heterocycles. The second kappa shape index (κ2) is 7.04. The summed E-state index contributed by atoms with van der Waals surface area (Å²) < 4.78 is 13.0. The van der Waals surface area contributed by atoms with E-state index < -0.39 is 29.6 Å². The number of hydrogen-bond donors (Lipinski definition) is 2. The van der Waals surface area contributed by atoms with Crippen LogP contribution >= 0.6 is 0 Å². The molecule has 0 radical (unpaired) electrons. The number of anilines is 1. The van der Waals surface area contributed by atoms with Crippen LogP contribution in [0.15, 0.2) is 54.6 Å². The summed E-state index contributed by atoms with van der Waals surface area (Å²) in [5.74, 6) is -3.04. The van der Waals surface area contributed by atoms with Crippen LogP contribution in [0.5, 0.6) is 0 Å². The summed E-state index contributed by atoms with van der Waals surface area (Å²) in [6.45, 7) is 0.433. The first-order valence-electron chi connectivity index (χ1n) is 7.61. The van der Waals surface area contributed by atoms with Crippen molar-refractivity contribution in [1.82, 2.24) is 5.32 Å². The lowest BCUT2D eigenvalue weighted by atomic mass is 10.1. The van der Waals surface area contributed by atoms with Crippen molar-refractivity contribution in [3.05, 3.63) is 66.0 Å². The molecule has 4 amide bonds. The van der Waals surface area contributed by atoms with E-state index in [0.29, 0.717) is 6.54 Å². The summed E-state index contributed by atoms with van der Waals surface area (Å²) in [6.07, 6.45) is 1.35. The summed E-state index contributed by atoms with van der Waals surface area (Å²) in [5, 5.41) is 2.13. The Labute approximate surface area is 143 Å². The van der Waals surface area contributed by atoms with Crippen molar-refractivity contribution in [1.29, 1.82) is 0 Å². The number of benzene rings is 2. The molecule has 7 heteroatoms. The van der Waals surface area contributed by atoms with E-state index in [4.69, 9.17) is 0 Å². The van der Waals surface area contributed by atoms with Gasteiger partial charge in [-0.25, -0.2) is 19.1 Å². The molecule has 0 bridgehead atoms. The maximum Gasteiger partial charge on any atom is 0.335 e. The number of halogens is 1. The number of nitrogens with zero attached hydrogens (tertiary/aromatic N) is 1. The van der Waals surface area contributed by atoms with Crippen LogP contribution in [-0.4, -0.2) is 24.1 Å². The Bertz CT molecular complexity index is 834. The van der Waals surface area contributed by atoms with Gasteiger partial charge in [-0.3, -0.25) is 14.9 Å². The number of urea groups is 1. The molecule has 25 heavy (non-hydrogen) atoms. The maximum atomic E-state index is 13.0. The van der Waals surface area contributed by atoms with Crippen molar-refractivity contribution >= 4 is 29.7 Å². The average molecular weight is 340 g/mol. The second-order valence-corrected chi connectivity index (χ2v) is 5.46. The zero-order chi connectivity index (χ0) is 17.8. The number of imide groups is 2. The first-order chi connectivity index (χ1) is 12.1. The van der Waals surface area contributed by atoms with Gasteiger partial charge in [0.2, 0.25) is 0 Å². The van der Waals surface area contributed by atoms with Gasteiger partial charge >= 0.3 is 6.03 Å². The van der Waals surface area contributed by atoms with Crippen molar-refractivity contribution in [2.24, 2.45) is 5.92 Å². The number of nitrogens with one attached hydrogen (secondary N) is 2. The molecular formula is C18H15FN3O3+. The van der Waals surface area contributed by atoms with Crippen LogP contribution in [0, 0.1) is 11.7 Å². The van der Waals surface area contributed by atoms with E-state index in [1.165, 1.54) is 18.3 Å². The number of rotatable bonds is 4. The Balaban J connectivity index is 1.79. The lowest BCUT2D eigenvalue weighted by molar-refractivity contribution is -0.471. The molecule has 6 nitrogen and oxygen atoms in total. The third-order valence-electron chi connectivity index (χ3n) is 3.72. The summed E-state index contributed by atoms with van der Waals surface area (Å²) in [4.78, 5) is 40.3. The van der Waals surface area contributed by atoms with E-state index in [-0.39, 0.29) is 5.69 Å². The number of carbonyl (C=O) groups is 3. The Morgan fingerprint density at radius 1 is 1.04 bits per heavy atom. The van der Waals surface area contributed by atoms with Crippen molar-refractivity contribution in [2.75, 3.05) is 4.90 Å². The van der Waals surface area contributed by atoms with Gasteiger partial charge in [-0.15, -0.1) is 0 Å². The Morgan fingerprint density at radius 3 is 2.40 bits per heavy atom. The van der Waals surface area contributed by atoms with Gasteiger partial charge in [0.05, 0.1) is 5.69 Å². The van der Waals surface area contributed by atoms with Gasteiger partial charge in [-0.05, 0) is 24.3 Å². The van der Waals surface area contributed by atoms with E-state index in [2.05, 4.69) is 10.3 Å². The lowest BCUT2D eigenvalue weighted by Crippen LogP contribution is -2.71. The van der Waals surface area contributed by atoms with E-state index >= 15 is 0 Å². The fourth-order valence-corrected chi connectivity index (χ4v) is 2.46. The van der Waals surface area contributed by atoms with Crippen molar-refractivity contribution in [3.8, 4) is 0 Å². The molecule has 2 aromatic rings. The molecule has 1 aliphatic heterocycles. The van der Waals surface area contributed by atoms with E-state index in [9.17, 15) is 18.8 Å². The average Bonchev–Trinajstić information content (AvgIpc) is 2.60. The van der Waals surface area contributed by atoms with Crippen LogP contribution in [0.1, 0.15) is 5.56 Å². The van der Waals surface area contributed by atoms with Gasteiger partial charge in [0.25, 0.3) is 11.8 Å². The molecule has 3 rings (SSSR count). The Morgan fingerprint density at radius 2 is 1.72 bits per heavy atom. The lowest BCUT2D eigenvalue weighted by Gasteiger charge is -2.27. The second-order valence-electron chi connectivity index (χ2n) is 5.46. The molecule has 0 spiro atoms. The molecule has 1 saturated heterocycles. The minimum absolute atomic E-state index is 0.192. The van der Waals surface area contributed by atoms with Crippen molar-refractivity contribution in [2.45, 2.75) is 6.54 Å². The number of barbiturate groups is 1. The van der Waals surface area contributed by atoms with Crippen LogP contribution in [0.3, 0.4) is 0 Å². The predicted octanol–water partition coefficient (Wildman–Crippen LogP) is 0.376. The van der Waals surface area contributed by atoms with Gasteiger partial charge in [0.15, 0.2) is 18.7 Å². The monoisotopic (exact) mass is 340 g/mol. The van der Waals surface area contributed by atoms with Crippen LogP contribution in [0.25, 0.3) is 0 Å². The van der Waals surface area contributed by atoms with E-state index in [0.717, 1.165) is 22.6 Å². The maximum absolute atomic E-state index is 13.0. The van der Waals surface area contributed by atoms with Gasteiger partial charge in [0, 0.05) is 5.56 Å². The molecule has 1 fully saturated rings. The van der Waals surface area contributed by atoms with Crippen LogP contribution in [0.2, 0.25) is 0 Å². The molecule has 0 saturated carbocycles. The molecule has 2 N–H and O–H groups in total. The number of hydrogen-bond acceptors (Lipinski definition) is 3. The minimum atomic E-state index is -1.16. The molecular weight excluding hydrogens is 325 g/mol. The highest BCUT2D eigenvalue weighted by Gasteiger charge is 2.42. The first-order valence-corrected chi connectivity index (χ1v) is 7.61. The van der Waals surface area contributed by atoms with E-state index in [1.807, 2.05) is 30.3 Å². The third kappa shape index (κ3) is 3.60. The van der Waals surface area contributed by atoms with Gasteiger partial charge in [-0.1, -0.05) is 30.3 Å². The fraction of sp³-hybridized carbons (Fsp3) is 0.111. The van der Waals surface area contributed by atoms with Gasteiger partial charge < -0.3 is 0 Å². The highest BCUT2D eigenvalue weighted by Crippen LogP contribution is 2.20. The topological polar surface area (TPSA) is 80.5 Å². The first kappa shape index (κ1) is 16.5. The highest BCUT2D eigenvalue weighted by atomic mass is 19.1. The molecule has 0 unspecified atom stereocenters. The number of carbonyl (C=O) groups excluding carboxylic acids is 3. The SMILES string of the molecule is O=C1NC(=O)N(c2ccc(F)cc2)C(=O)[C@@H]1C=[NH+]Cc1ccccc1. The standard InChI is InChI=1S/C18H14FN3O3/c19-13-6-8-14(9-7-13)22-17(24)15(16(23)21-18(22)25)11-20-10-12-4-2-1-3-5-12/h1-9,11,15H,10H2,(H,21,23,25)/p+1/t15-/m1/s1. The fourth-order valence-electron chi connectivity index (χ4n) is 2.46. The molecule has 1 atom stereocenters. The molecule has 0 aliphatic carbocycles. The minimum Gasteiger partial charge on any atom is -0.276 e.